The van der Waals surface area contributed by atoms with Crippen molar-refractivity contribution in [3.05, 3.63) is 11.1 Å². The van der Waals surface area contributed by atoms with E-state index < -0.39 is 0 Å². The Labute approximate surface area is 95.5 Å². The molecule has 0 aliphatic carbocycles. The van der Waals surface area contributed by atoms with Gasteiger partial charge in [0.1, 0.15) is 6.33 Å². The summed E-state index contributed by atoms with van der Waals surface area (Å²) in [5, 5.41) is 4.26. The number of nitrogens with zero attached hydrogens (tertiary/aromatic N) is 4. The van der Waals surface area contributed by atoms with Crippen LogP contribution in [0.1, 0.15) is 19.8 Å². The molecule has 4 nitrogen and oxygen atoms in total. The lowest BCUT2D eigenvalue weighted by atomic mass is 10.00. The van der Waals surface area contributed by atoms with Crippen LogP contribution in [0.25, 0.3) is 0 Å². The lowest BCUT2D eigenvalue weighted by Crippen LogP contribution is -2.34. The molecule has 0 bridgehead atoms. The number of aryl methyl sites for hydroxylation is 1. The van der Waals surface area contributed by atoms with Crippen molar-refractivity contribution in [3.8, 4) is 0 Å². The zero-order valence-electron chi connectivity index (χ0n) is 9.39. The molecule has 15 heavy (non-hydrogen) atoms. The van der Waals surface area contributed by atoms with Gasteiger partial charge in [0.15, 0.2) is 4.77 Å². The lowest BCUT2D eigenvalue weighted by molar-refractivity contribution is 0.146. The molecule has 2 heterocycles. The van der Waals surface area contributed by atoms with Crippen LogP contribution in [0.5, 0.6) is 0 Å². The summed E-state index contributed by atoms with van der Waals surface area (Å²) in [4.78, 5) is 2.42. The molecular formula is C10H18N4S. The molecule has 1 aromatic rings. The quantitative estimate of drug-likeness (QED) is 0.717. The first kappa shape index (κ1) is 10.8. The van der Waals surface area contributed by atoms with Crippen LogP contribution < -0.4 is 0 Å². The molecule has 0 amide bonds. The molecule has 0 atom stereocenters. The second-order valence-corrected chi connectivity index (χ2v) is 4.83. The van der Waals surface area contributed by atoms with Gasteiger partial charge in [0.2, 0.25) is 0 Å². The molecule has 0 radical (unpaired) electrons. The van der Waals surface area contributed by atoms with Crippen molar-refractivity contribution in [3.63, 3.8) is 0 Å². The zero-order valence-corrected chi connectivity index (χ0v) is 10.2. The standard InChI is InChI=1S/C10H18N4S/c1-9-3-5-13(6-4-9)8-14-10(15)12(2)7-11-14/h7,9H,3-6,8H2,1-2H3. The van der Waals surface area contributed by atoms with E-state index in [1.165, 1.54) is 25.9 Å². The Morgan fingerprint density at radius 3 is 2.67 bits per heavy atom. The van der Waals surface area contributed by atoms with E-state index in [1.807, 2.05) is 16.3 Å². The van der Waals surface area contributed by atoms with E-state index >= 15 is 0 Å². The fourth-order valence-electron chi connectivity index (χ4n) is 1.91. The van der Waals surface area contributed by atoms with Gasteiger partial charge >= 0.3 is 0 Å². The summed E-state index contributed by atoms with van der Waals surface area (Å²) in [6.45, 7) is 5.50. The second-order valence-electron chi connectivity index (χ2n) is 4.47. The average Bonchev–Trinajstić information content (AvgIpc) is 2.53. The van der Waals surface area contributed by atoms with Crippen LogP contribution in [0.3, 0.4) is 0 Å². The molecule has 0 unspecified atom stereocenters. The van der Waals surface area contributed by atoms with E-state index in [1.54, 1.807) is 6.33 Å². The molecule has 5 heteroatoms. The van der Waals surface area contributed by atoms with Crippen molar-refractivity contribution in [2.45, 2.75) is 26.4 Å². The number of likely N-dealkylation sites (tertiary alicyclic amines) is 1. The Kier molecular flexibility index (Phi) is 3.21. The van der Waals surface area contributed by atoms with E-state index in [2.05, 4.69) is 16.9 Å². The molecule has 0 aromatic carbocycles. The van der Waals surface area contributed by atoms with E-state index in [9.17, 15) is 0 Å². The third kappa shape index (κ3) is 2.46. The summed E-state index contributed by atoms with van der Waals surface area (Å²) < 4.78 is 4.57. The van der Waals surface area contributed by atoms with Gasteiger partial charge in [0.05, 0.1) is 6.67 Å². The van der Waals surface area contributed by atoms with Gasteiger partial charge in [-0.3, -0.25) is 4.90 Å². The first-order valence-corrected chi connectivity index (χ1v) is 5.88. The Morgan fingerprint density at radius 1 is 1.47 bits per heavy atom. The van der Waals surface area contributed by atoms with Gasteiger partial charge in [-0.2, -0.15) is 5.10 Å². The molecule has 2 rings (SSSR count). The van der Waals surface area contributed by atoms with Crippen LogP contribution >= 0.6 is 12.2 Å². The number of hydrogen-bond acceptors (Lipinski definition) is 3. The van der Waals surface area contributed by atoms with Crippen LogP contribution in [0.15, 0.2) is 6.33 Å². The van der Waals surface area contributed by atoms with Crippen LogP contribution in [0, 0.1) is 10.7 Å². The van der Waals surface area contributed by atoms with Crippen LogP contribution in [0.2, 0.25) is 0 Å². The Balaban J connectivity index is 1.98. The Morgan fingerprint density at radius 2 is 2.13 bits per heavy atom. The summed E-state index contributed by atoms with van der Waals surface area (Å²) in [6.07, 6.45) is 4.36. The van der Waals surface area contributed by atoms with Gasteiger partial charge in [0.25, 0.3) is 0 Å². The maximum Gasteiger partial charge on any atom is 0.198 e. The smallest absolute Gasteiger partial charge is 0.198 e. The molecule has 1 saturated heterocycles. The molecule has 1 aromatic heterocycles. The number of rotatable bonds is 2. The molecular weight excluding hydrogens is 208 g/mol. The number of aromatic nitrogens is 3. The van der Waals surface area contributed by atoms with Crippen LogP contribution in [-0.2, 0) is 13.7 Å². The highest BCUT2D eigenvalue weighted by Gasteiger charge is 2.16. The minimum Gasteiger partial charge on any atom is -0.310 e. The minimum atomic E-state index is 0.800. The molecule has 0 spiro atoms. The third-order valence-electron chi connectivity index (χ3n) is 3.10. The van der Waals surface area contributed by atoms with E-state index in [4.69, 9.17) is 12.2 Å². The summed E-state index contributed by atoms with van der Waals surface area (Å²) in [5.74, 6) is 0.873. The highest BCUT2D eigenvalue weighted by atomic mass is 32.1. The van der Waals surface area contributed by atoms with E-state index in [0.29, 0.717) is 0 Å². The number of piperidine rings is 1. The van der Waals surface area contributed by atoms with Gasteiger partial charge in [0, 0.05) is 20.1 Å². The normalized spacial score (nSPS) is 19.6. The maximum absolute atomic E-state index is 5.25. The molecule has 1 fully saturated rings. The van der Waals surface area contributed by atoms with Gasteiger partial charge in [-0.1, -0.05) is 6.92 Å². The van der Waals surface area contributed by atoms with Crippen molar-refractivity contribution < 1.29 is 0 Å². The number of hydrogen-bond donors (Lipinski definition) is 0. The topological polar surface area (TPSA) is 26.0 Å². The lowest BCUT2D eigenvalue weighted by Gasteiger charge is -2.29. The van der Waals surface area contributed by atoms with Crippen LogP contribution in [0.4, 0.5) is 0 Å². The summed E-state index contributed by atoms with van der Waals surface area (Å²) in [7, 11) is 1.93. The van der Waals surface area contributed by atoms with E-state index in [-0.39, 0.29) is 0 Å². The van der Waals surface area contributed by atoms with Gasteiger partial charge in [-0.25, -0.2) is 4.68 Å². The Hall–Kier alpha value is -0.680. The zero-order chi connectivity index (χ0) is 10.8. The van der Waals surface area contributed by atoms with Gasteiger partial charge < -0.3 is 4.57 Å². The summed E-state index contributed by atoms with van der Waals surface area (Å²) in [5.41, 5.74) is 0. The van der Waals surface area contributed by atoms with Crippen molar-refractivity contribution in [1.82, 2.24) is 19.2 Å². The predicted octanol–water partition coefficient (Wildman–Crippen LogP) is 1.64. The second kappa shape index (κ2) is 4.45. The van der Waals surface area contributed by atoms with Crippen molar-refractivity contribution in [1.29, 1.82) is 0 Å². The first-order chi connectivity index (χ1) is 7.16. The molecule has 1 aliphatic rings. The van der Waals surface area contributed by atoms with Crippen molar-refractivity contribution in [2.75, 3.05) is 13.1 Å². The summed E-state index contributed by atoms with van der Waals surface area (Å²) in [6, 6.07) is 0. The summed E-state index contributed by atoms with van der Waals surface area (Å²) >= 11 is 5.25. The fourth-order valence-corrected chi connectivity index (χ4v) is 2.06. The molecule has 0 N–H and O–H groups in total. The monoisotopic (exact) mass is 226 g/mol. The molecule has 0 saturated carbocycles. The highest BCUT2D eigenvalue weighted by molar-refractivity contribution is 7.71. The maximum atomic E-state index is 5.25. The van der Waals surface area contributed by atoms with Gasteiger partial charge in [-0.05, 0) is 31.0 Å². The van der Waals surface area contributed by atoms with Crippen LogP contribution in [-0.4, -0.2) is 32.3 Å². The third-order valence-corrected chi connectivity index (χ3v) is 3.60. The molecule has 84 valence electrons. The largest absolute Gasteiger partial charge is 0.310 e. The Bertz CT molecular complexity index is 373. The molecule has 1 aliphatic heterocycles. The SMILES string of the molecule is CC1CCN(Cn2ncn(C)c2=S)CC1. The highest BCUT2D eigenvalue weighted by Crippen LogP contribution is 2.16. The van der Waals surface area contributed by atoms with Crippen molar-refractivity contribution in [2.24, 2.45) is 13.0 Å². The fraction of sp³-hybridized carbons (Fsp3) is 0.800. The average molecular weight is 226 g/mol. The van der Waals surface area contributed by atoms with Crippen molar-refractivity contribution >= 4 is 12.2 Å². The first-order valence-electron chi connectivity index (χ1n) is 5.47. The van der Waals surface area contributed by atoms with E-state index in [0.717, 1.165) is 17.4 Å². The van der Waals surface area contributed by atoms with Gasteiger partial charge in [-0.15, -0.1) is 0 Å². The minimum absolute atomic E-state index is 0.800. The predicted molar refractivity (Wildman–Crippen MR) is 62.0 cm³/mol.